The van der Waals surface area contributed by atoms with E-state index in [1.807, 2.05) is 30.3 Å². The van der Waals surface area contributed by atoms with Crippen LogP contribution in [-0.2, 0) is 14.8 Å². The Balaban J connectivity index is 1.85. The Bertz CT molecular complexity index is 789. The molecule has 148 valence electrons. The molecule has 27 heavy (non-hydrogen) atoms. The van der Waals surface area contributed by atoms with E-state index in [-0.39, 0.29) is 18.4 Å². The molecule has 0 heterocycles. The average molecular weight is 456 g/mol. The summed E-state index contributed by atoms with van der Waals surface area (Å²) in [5, 5.41) is 9.85. The lowest BCUT2D eigenvalue weighted by atomic mass is 10.00. The number of hydrogen-bond acceptors (Lipinski definition) is 3. The van der Waals surface area contributed by atoms with E-state index in [0.29, 0.717) is 6.42 Å². The number of sulfonamides is 1. The molecular weight excluding hydrogens is 430 g/mol. The zero-order chi connectivity index (χ0) is 19.7. The molecule has 0 amide bonds. The van der Waals surface area contributed by atoms with Crippen LogP contribution in [0.5, 0.6) is 0 Å². The van der Waals surface area contributed by atoms with Gasteiger partial charge in [-0.2, -0.15) is 0 Å². The number of unbranched alkanes of at least 4 members (excludes halogenated alkanes) is 1. The number of allylic oxidation sites excluding steroid dienone is 2. The number of carbonyl (C=O) groups is 1. The highest BCUT2D eigenvalue weighted by molar-refractivity contribution is 9.10. The number of carboxylic acids is 1. The minimum absolute atomic E-state index is 0.0502. The molecule has 2 unspecified atom stereocenters. The second kappa shape index (κ2) is 10.8. The van der Waals surface area contributed by atoms with Gasteiger partial charge >= 0.3 is 5.97 Å². The SMILES string of the molecule is O=C(O)CCCC=CCC1CCCC1NS(=O)(=O)C=Cc1cccc(Br)c1. The van der Waals surface area contributed by atoms with Crippen LogP contribution in [0.4, 0.5) is 0 Å². The van der Waals surface area contributed by atoms with Crippen LogP contribution in [0.1, 0.15) is 50.5 Å². The Labute approximate surface area is 169 Å². The molecule has 1 aliphatic rings. The maximum Gasteiger partial charge on any atom is 0.303 e. The van der Waals surface area contributed by atoms with Gasteiger partial charge in [0.15, 0.2) is 0 Å². The van der Waals surface area contributed by atoms with Crippen LogP contribution in [0.25, 0.3) is 6.08 Å². The number of hydrogen-bond donors (Lipinski definition) is 2. The smallest absolute Gasteiger partial charge is 0.303 e. The predicted octanol–water partition coefficient (Wildman–Crippen LogP) is 4.71. The van der Waals surface area contributed by atoms with Crippen molar-refractivity contribution in [2.45, 2.75) is 51.0 Å². The van der Waals surface area contributed by atoms with E-state index in [4.69, 9.17) is 5.11 Å². The van der Waals surface area contributed by atoms with Gasteiger partial charge in [-0.25, -0.2) is 13.1 Å². The summed E-state index contributed by atoms with van der Waals surface area (Å²) in [7, 11) is -3.49. The summed E-state index contributed by atoms with van der Waals surface area (Å²) in [4.78, 5) is 10.5. The van der Waals surface area contributed by atoms with Crippen LogP contribution in [0.3, 0.4) is 0 Å². The van der Waals surface area contributed by atoms with Crippen molar-refractivity contribution in [2.24, 2.45) is 5.92 Å². The summed E-state index contributed by atoms with van der Waals surface area (Å²) in [6.07, 6.45) is 10.9. The van der Waals surface area contributed by atoms with Crippen molar-refractivity contribution in [3.8, 4) is 0 Å². The van der Waals surface area contributed by atoms with Crippen molar-refractivity contribution < 1.29 is 18.3 Å². The third-order valence-electron chi connectivity index (χ3n) is 4.63. The highest BCUT2D eigenvalue weighted by Crippen LogP contribution is 2.29. The monoisotopic (exact) mass is 455 g/mol. The van der Waals surface area contributed by atoms with Crippen LogP contribution in [0.2, 0.25) is 0 Å². The standard InChI is InChI=1S/C20H26BrNO4S/c21-18-10-5-7-16(15-18)13-14-27(25,26)22-19-11-6-9-17(19)8-3-1-2-4-12-20(23)24/h1,3,5,7,10,13-15,17,19,22H,2,4,6,8-9,11-12H2,(H,23,24). The van der Waals surface area contributed by atoms with Gasteiger partial charge in [-0.3, -0.25) is 4.79 Å². The molecule has 7 heteroatoms. The molecule has 0 saturated heterocycles. The minimum atomic E-state index is -3.49. The molecule has 0 aromatic heterocycles. The van der Waals surface area contributed by atoms with Crippen molar-refractivity contribution >= 4 is 38.0 Å². The van der Waals surface area contributed by atoms with Crippen molar-refractivity contribution in [3.63, 3.8) is 0 Å². The quantitative estimate of drug-likeness (QED) is 0.395. The topological polar surface area (TPSA) is 83.5 Å². The normalized spacial score (nSPS) is 20.6. The Hall–Kier alpha value is -1.44. The van der Waals surface area contributed by atoms with Gasteiger partial charge in [0.05, 0.1) is 0 Å². The first-order valence-corrected chi connectivity index (χ1v) is 11.5. The van der Waals surface area contributed by atoms with Crippen LogP contribution in [-0.4, -0.2) is 25.5 Å². The van der Waals surface area contributed by atoms with Gasteiger partial charge in [-0.1, -0.05) is 46.6 Å². The van der Waals surface area contributed by atoms with E-state index in [0.717, 1.165) is 42.1 Å². The number of benzene rings is 1. The van der Waals surface area contributed by atoms with E-state index >= 15 is 0 Å². The van der Waals surface area contributed by atoms with Crippen LogP contribution in [0.15, 0.2) is 46.3 Å². The summed E-state index contributed by atoms with van der Waals surface area (Å²) in [6.45, 7) is 0. The first kappa shape index (κ1) is 21.9. The van der Waals surface area contributed by atoms with E-state index in [9.17, 15) is 13.2 Å². The van der Waals surface area contributed by atoms with Gasteiger partial charge in [0.25, 0.3) is 0 Å². The Morgan fingerprint density at radius 1 is 1.30 bits per heavy atom. The van der Waals surface area contributed by atoms with E-state index in [1.54, 1.807) is 6.08 Å². The second-order valence-electron chi connectivity index (χ2n) is 6.81. The molecule has 0 spiro atoms. The van der Waals surface area contributed by atoms with Crippen molar-refractivity contribution in [2.75, 3.05) is 0 Å². The average Bonchev–Trinajstić information content (AvgIpc) is 3.02. The minimum Gasteiger partial charge on any atom is -0.481 e. The summed E-state index contributed by atoms with van der Waals surface area (Å²) in [5.74, 6) is -0.487. The molecule has 0 radical (unpaired) electrons. The Morgan fingerprint density at radius 3 is 2.85 bits per heavy atom. The van der Waals surface area contributed by atoms with E-state index in [1.165, 1.54) is 5.41 Å². The molecule has 0 bridgehead atoms. The Morgan fingerprint density at radius 2 is 2.11 bits per heavy atom. The molecule has 1 aromatic rings. The van der Waals surface area contributed by atoms with Crippen molar-refractivity contribution in [1.82, 2.24) is 4.72 Å². The summed E-state index contributed by atoms with van der Waals surface area (Å²) in [5.41, 5.74) is 0.821. The fourth-order valence-electron chi connectivity index (χ4n) is 3.26. The van der Waals surface area contributed by atoms with Gasteiger partial charge in [0.2, 0.25) is 10.0 Å². The van der Waals surface area contributed by atoms with Gasteiger partial charge in [0, 0.05) is 22.3 Å². The lowest BCUT2D eigenvalue weighted by molar-refractivity contribution is -0.137. The molecule has 1 saturated carbocycles. The van der Waals surface area contributed by atoms with Crippen molar-refractivity contribution in [3.05, 3.63) is 51.9 Å². The van der Waals surface area contributed by atoms with Crippen LogP contribution >= 0.6 is 15.9 Å². The van der Waals surface area contributed by atoms with E-state index in [2.05, 4.69) is 26.7 Å². The third-order valence-corrected chi connectivity index (χ3v) is 6.25. The lowest BCUT2D eigenvalue weighted by Gasteiger charge is -2.18. The first-order valence-electron chi connectivity index (χ1n) is 9.18. The number of rotatable bonds is 10. The third kappa shape index (κ3) is 8.41. The van der Waals surface area contributed by atoms with Gasteiger partial charge < -0.3 is 5.11 Å². The zero-order valence-electron chi connectivity index (χ0n) is 15.2. The highest BCUT2D eigenvalue weighted by Gasteiger charge is 2.28. The largest absolute Gasteiger partial charge is 0.481 e. The summed E-state index contributed by atoms with van der Waals surface area (Å²) >= 11 is 3.37. The predicted molar refractivity (Wildman–Crippen MR) is 112 cm³/mol. The molecular formula is C20H26BrNO4S. The molecule has 5 nitrogen and oxygen atoms in total. The summed E-state index contributed by atoms with van der Waals surface area (Å²) < 4.78 is 28.5. The number of nitrogens with one attached hydrogen (secondary N) is 1. The first-order chi connectivity index (χ1) is 12.9. The number of halogens is 1. The molecule has 1 aliphatic carbocycles. The number of carboxylic acid groups (broad SMARTS) is 1. The molecule has 2 rings (SSSR count). The van der Waals surface area contributed by atoms with Crippen LogP contribution < -0.4 is 4.72 Å². The van der Waals surface area contributed by atoms with Crippen molar-refractivity contribution in [1.29, 1.82) is 0 Å². The van der Waals surface area contributed by atoms with Crippen LogP contribution in [0, 0.1) is 5.92 Å². The molecule has 2 atom stereocenters. The second-order valence-corrected chi connectivity index (χ2v) is 9.32. The molecule has 0 aliphatic heterocycles. The molecule has 2 N–H and O–H groups in total. The Kier molecular flexibility index (Phi) is 8.73. The lowest BCUT2D eigenvalue weighted by Crippen LogP contribution is -2.36. The maximum absolute atomic E-state index is 12.4. The summed E-state index contributed by atoms with van der Waals surface area (Å²) in [6, 6.07) is 7.41. The fourth-order valence-corrected chi connectivity index (χ4v) is 4.83. The van der Waals surface area contributed by atoms with Gasteiger partial charge in [0.1, 0.15) is 0 Å². The molecule has 1 aromatic carbocycles. The fraction of sp³-hybridized carbons (Fsp3) is 0.450. The highest BCUT2D eigenvalue weighted by atomic mass is 79.9. The zero-order valence-corrected chi connectivity index (χ0v) is 17.6. The van der Waals surface area contributed by atoms with E-state index < -0.39 is 16.0 Å². The molecule has 1 fully saturated rings. The maximum atomic E-state index is 12.4. The van der Waals surface area contributed by atoms with Gasteiger partial charge in [-0.15, -0.1) is 0 Å². The van der Waals surface area contributed by atoms with Gasteiger partial charge in [-0.05, 0) is 61.8 Å². The number of aliphatic carboxylic acids is 1.